The fourth-order valence-corrected chi connectivity index (χ4v) is 5.33. The number of nitrogens with one attached hydrogen (secondary N) is 2. The standard InChI is InChI=1S/C28H26BrN5OS/c1-19-8-2-3-11-22(19)31-25(35)14-17-34-27(26(32-28(34)36)23-12-4-5-15-30-23)24-13-7-16-33(24)21-10-6-9-20(29)18-21/h2-13,15-16,18,26-27H,14,17H2,1H3,(H,31,35)(H,32,36)/t26-,27-/m1/s1. The summed E-state index contributed by atoms with van der Waals surface area (Å²) in [6.45, 7) is 2.46. The van der Waals surface area contributed by atoms with Crippen LogP contribution in [0.25, 0.3) is 5.69 Å². The lowest BCUT2D eigenvalue weighted by Crippen LogP contribution is -2.33. The molecule has 182 valence electrons. The van der Waals surface area contributed by atoms with Gasteiger partial charge in [0.05, 0.1) is 17.8 Å². The van der Waals surface area contributed by atoms with Crippen molar-refractivity contribution in [2.24, 2.45) is 0 Å². The number of hydrogen-bond donors (Lipinski definition) is 2. The van der Waals surface area contributed by atoms with Crippen molar-refractivity contribution in [1.29, 1.82) is 0 Å². The largest absolute Gasteiger partial charge is 0.352 e. The Morgan fingerprint density at radius 2 is 1.92 bits per heavy atom. The predicted octanol–water partition coefficient (Wildman–Crippen LogP) is 5.94. The van der Waals surface area contributed by atoms with Crippen molar-refractivity contribution in [3.63, 3.8) is 0 Å². The number of aryl methyl sites for hydroxylation is 1. The zero-order valence-electron chi connectivity index (χ0n) is 19.8. The second-order valence-corrected chi connectivity index (χ2v) is 10.0. The number of halogens is 1. The van der Waals surface area contributed by atoms with Crippen LogP contribution in [-0.4, -0.2) is 32.0 Å². The molecule has 0 spiro atoms. The average molecular weight is 561 g/mol. The Morgan fingerprint density at radius 3 is 2.69 bits per heavy atom. The van der Waals surface area contributed by atoms with Crippen molar-refractivity contribution in [3.05, 3.63) is 113 Å². The molecule has 1 saturated heterocycles. The summed E-state index contributed by atoms with van der Waals surface area (Å²) in [7, 11) is 0. The number of carbonyl (C=O) groups is 1. The number of nitrogens with zero attached hydrogens (tertiary/aromatic N) is 3. The summed E-state index contributed by atoms with van der Waals surface area (Å²) >= 11 is 9.38. The van der Waals surface area contributed by atoms with E-state index in [1.165, 1.54) is 0 Å². The summed E-state index contributed by atoms with van der Waals surface area (Å²) in [5.41, 5.74) is 4.87. The van der Waals surface area contributed by atoms with Crippen LogP contribution >= 0.6 is 28.1 Å². The molecular formula is C28H26BrN5OS. The van der Waals surface area contributed by atoms with Crippen molar-refractivity contribution in [1.82, 2.24) is 19.8 Å². The average Bonchev–Trinajstić information content (AvgIpc) is 3.49. The first-order chi connectivity index (χ1) is 17.5. The highest BCUT2D eigenvalue weighted by molar-refractivity contribution is 9.10. The molecule has 0 saturated carbocycles. The summed E-state index contributed by atoms with van der Waals surface area (Å²) in [4.78, 5) is 19.6. The minimum absolute atomic E-state index is 0.0468. The van der Waals surface area contributed by atoms with E-state index in [0.29, 0.717) is 18.1 Å². The van der Waals surface area contributed by atoms with Gasteiger partial charge >= 0.3 is 0 Å². The summed E-state index contributed by atoms with van der Waals surface area (Å²) in [6, 6.07) is 25.7. The van der Waals surface area contributed by atoms with Gasteiger partial charge in [-0.1, -0.05) is 46.3 Å². The molecule has 1 aliphatic heterocycles. The van der Waals surface area contributed by atoms with Gasteiger partial charge in [-0.3, -0.25) is 9.78 Å². The molecule has 3 heterocycles. The van der Waals surface area contributed by atoms with Gasteiger partial charge in [-0.25, -0.2) is 0 Å². The van der Waals surface area contributed by atoms with Crippen molar-refractivity contribution < 1.29 is 4.79 Å². The van der Waals surface area contributed by atoms with Crippen LogP contribution < -0.4 is 10.6 Å². The fourth-order valence-electron chi connectivity index (χ4n) is 4.61. The lowest BCUT2D eigenvalue weighted by atomic mass is 10.0. The van der Waals surface area contributed by atoms with Crippen LogP contribution in [0.15, 0.2) is 95.7 Å². The maximum atomic E-state index is 12.9. The molecule has 8 heteroatoms. The molecule has 6 nitrogen and oxygen atoms in total. The number of pyridine rings is 1. The first-order valence-electron chi connectivity index (χ1n) is 11.8. The van der Waals surface area contributed by atoms with E-state index in [1.54, 1.807) is 6.20 Å². The van der Waals surface area contributed by atoms with Gasteiger partial charge in [0.25, 0.3) is 0 Å². The fraction of sp³-hybridized carbons (Fsp3) is 0.179. The number of rotatable bonds is 7. The number of carbonyl (C=O) groups excluding carboxylic acids is 1. The van der Waals surface area contributed by atoms with E-state index in [0.717, 1.165) is 32.8 Å². The Bertz CT molecular complexity index is 1390. The van der Waals surface area contributed by atoms with Gasteiger partial charge in [0.2, 0.25) is 5.91 Å². The molecule has 2 atom stereocenters. The lowest BCUT2D eigenvalue weighted by molar-refractivity contribution is -0.116. The van der Waals surface area contributed by atoms with E-state index in [2.05, 4.69) is 65.4 Å². The minimum atomic E-state index is -0.154. The quantitative estimate of drug-likeness (QED) is 0.274. The number of anilines is 1. The molecule has 0 unspecified atom stereocenters. The molecule has 0 aliphatic carbocycles. The number of benzene rings is 2. The SMILES string of the molecule is Cc1ccccc1NC(=O)CCN1C(=S)N[C@H](c2ccccn2)[C@H]1c1cccn1-c1cccc(Br)c1. The number of aromatic nitrogens is 2. The van der Waals surface area contributed by atoms with Gasteiger partial charge < -0.3 is 20.1 Å². The third-order valence-corrected chi connectivity index (χ3v) is 7.21. The summed E-state index contributed by atoms with van der Waals surface area (Å²) in [6.07, 6.45) is 4.15. The van der Waals surface area contributed by atoms with Crippen LogP contribution in [0, 0.1) is 6.92 Å². The van der Waals surface area contributed by atoms with Gasteiger partial charge in [0.15, 0.2) is 5.11 Å². The van der Waals surface area contributed by atoms with Gasteiger partial charge in [-0.15, -0.1) is 0 Å². The van der Waals surface area contributed by atoms with Gasteiger partial charge in [-0.2, -0.15) is 0 Å². The lowest BCUT2D eigenvalue weighted by Gasteiger charge is -2.29. The van der Waals surface area contributed by atoms with Gasteiger partial charge in [-0.05, 0) is 73.2 Å². The Labute approximate surface area is 224 Å². The highest BCUT2D eigenvalue weighted by atomic mass is 79.9. The number of amides is 1. The third kappa shape index (κ3) is 5.05. The second kappa shape index (κ2) is 10.6. The Hall–Kier alpha value is -3.49. The molecule has 0 radical (unpaired) electrons. The van der Waals surface area contributed by atoms with Crippen molar-refractivity contribution in [2.75, 3.05) is 11.9 Å². The first kappa shape index (κ1) is 24.2. The van der Waals surface area contributed by atoms with Crippen LogP contribution in [0.2, 0.25) is 0 Å². The number of thiocarbonyl (C=S) groups is 1. The molecule has 2 aromatic carbocycles. The molecule has 1 fully saturated rings. The van der Waals surface area contributed by atoms with E-state index < -0.39 is 0 Å². The van der Waals surface area contributed by atoms with Crippen molar-refractivity contribution in [3.8, 4) is 5.69 Å². The zero-order chi connectivity index (χ0) is 25.1. The topological polar surface area (TPSA) is 62.2 Å². The van der Waals surface area contributed by atoms with Crippen LogP contribution in [0.1, 0.15) is 35.5 Å². The van der Waals surface area contributed by atoms with E-state index in [-0.39, 0.29) is 18.0 Å². The maximum absolute atomic E-state index is 12.9. The zero-order valence-corrected chi connectivity index (χ0v) is 22.2. The Kier molecular flexibility index (Phi) is 7.16. The molecule has 1 aliphatic rings. The van der Waals surface area contributed by atoms with Crippen molar-refractivity contribution in [2.45, 2.75) is 25.4 Å². The molecule has 0 bridgehead atoms. The van der Waals surface area contributed by atoms with E-state index >= 15 is 0 Å². The smallest absolute Gasteiger partial charge is 0.226 e. The van der Waals surface area contributed by atoms with Crippen LogP contribution in [0.5, 0.6) is 0 Å². The molecule has 1 amide bonds. The van der Waals surface area contributed by atoms with E-state index in [9.17, 15) is 4.79 Å². The number of para-hydroxylation sites is 1. The first-order valence-corrected chi connectivity index (χ1v) is 13.0. The second-order valence-electron chi connectivity index (χ2n) is 8.72. The van der Waals surface area contributed by atoms with Crippen LogP contribution in [0.4, 0.5) is 5.69 Å². The summed E-state index contributed by atoms with van der Waals surface area (Å²) in [5.74, 6) is -0.0468. The third-order valence-electron chi connectivity index (χ3n) is 6.37. The van der Waals surface area contributed by atoms with Crippen LogP contribution in [-0.2, 0) is 4.79 Å². The summed E-state index contributed by atoms with van der Waals surface area (Å²) < 4.78 is 3.17. The predicted molar refractivity (Wildman–Crippen MR) is 150 cm³/mol. The summed E-state index contributed by atoms with van der Waals surface area (Å²) in [5, 5.41) is 7.12. The van der Waals surface area contributed by atoms with Gasteiger partial charge in [0.1, 0.15) is 0 Å². The number of hydrogen-bond acceptors (Lipinski definition) is 3. The molecule has 2 N–H and O–H groups in total. The minimum Gasteiger partial charge on any atom is -0.352 e. The van der Waals surface area contributed by atoms with Crippen molar-refractivity contribution >= 4 is 44.9 Å². The Morgan fingerprint density at radius 1 is 1.08 bits per heavy atom. The normalized spacial score (nSPS) is 17.2. The molecule has 4 aromatic rings. The highest BCUT2D eigenvalue weighted by Gasteiger charge is 2.41. The highest BCUT2D eigenvalue weighted by Crippen LogP contribution is 2.39. The van der Waals surface area contributed by atoms with Gasteiger partial charge in [0, 0.05) is 46.9 Å². The van der Waals surface area contributed by atoms with E-state index in [1.807, 2.05) is 67.6 Å². The monoisotopic (exact) mass is 559 g/mol. The van der Waals surface area contributed by atoms with Crippen LogP contribution in [0.3, 0.4) is 0 Å². The molecule has 2 aromatic heterocycles. The maximum Gasteiger partial charge on any atom is 0.226 e. The van der Waals surface area contributed by atoms with E-state index in [4.69, 9.17) is 12.2 Å². The Balaban J connectivity index is 1.45. The molecule has 36 heavy (non-hydrogen) atoms. The molecular weight excluding hydrogens is 534 g/mol. The molecule has 5 rings (SSSR count).